The topological polar surface area (TPSA) is 57.6 Å². The minimum absolute atomic E-state index is 0.00190. The van der Waals surface area contributed by atoms with E-state index in [0.717, 1.165) is 12.8 Å². The predicted molar refractivity (Wildman–Crippen MR) is 74.4 cm³/mol. The summed E-state index contributed by atoms with van der Waals surface area (Å²) in [5.41, 5.74) is 1.24. The van der Waals surface area contributed by atoms with Gasteiger partial charge in [0.1, 0.15) is 6.54 Å². The molecule has 1 saturated carbocycles. The summed E-state index contributed by atoms with van der Waals surface area (Å²) in [5.74, 6) is -0.641. The van der Waals surface area contributed by atoms with E-state index in [1.807, 2.05) is 12.3 Å². The first-order valence-corrected chi connectivity index (χ1v) is 7.47. The van der Waals surface area contributed by atoms with Crippen molar-refractivity contribution in [1.29, 1.82) is 0 Å². The number of nitrogens with zero attached hydrogens (tertiary/aromatic N) is 1. The molecule has 1 aliphatic rings. The Kier molecular flexibility index (Phi) is 4.24. The minimum atomic E-state index is -0.939. The minimum Gasteiger partial charge on any atom is -0.480 e. The molecule has 19 heavy (non-hydrogen) atoms. The van der Waals surface area contributed by atoms with Crippen molar-refractivity contribution in [3.8, 4) is 0 Å². The molecule has 2 rings (SSSR count). The molecule has 2 unspecified atom stereocenters. The van der Waals surface area contributed by atoms with E-state index in [-0.39, 0.29) is 18.4 Å². The Bertz CT molecular complexity index is 483. The van der Waals surface area contributed by atoms with Gasteiger partial charge in [0.2, 0.25) is 5.91 Å². The number of carbonyl (C=O) groups excluding carboxylic acids is 1. The van der Waals surface area contributed by atoms with Crippen molar-refractivity contribution in [2.75, 3.05) is 13.1 Å². The molecule has 2 atom stereocenters. The molecule has 0 radical (unpaired) electrons. The Hall–Kier alpha value is -1.36. The van der Waals surface area contributed by atoms with Gasteiger partial charge in [-0.25, -0.2) is 0 Å². The number of carbonyl (C=O) groups is 2. The lowest BCUT2D eigenvalue weighted by molar-refractivity contribution is -0.145. The van der Waals surface area contributed by atoms with Crippen molar-refractivity contribution in [3.63, 3.8) is 0 Å². The van der Waals surface area contributed by atoms with Gasteiger partial charge >= 0.3 is 5.97 Å². The maximum atomic E-state index is 12.3. The summed E-state index contributed by atoms with van der Waals surface area (Å²) in [6.45, 7) is 4.36. The average Bonchev–Trinajstić information content (AvgIpc) is 3.03. The van der Waals surface area contributed by atoms with Crippen LogP contribution in [0.15, 0.2) is 11.4 Å². The van der Waals surface area contributed by atoms with Crippen LogP contribution in [0.5, 0.6) is 0 Å². The third kappa shape index (κ3) is 3.15. The highest BCUT2D eigenvalue weighted by Crippen LogP contribution is 2.51. The summed E-state index contributed by atoms with van der Waals surface area (Å²) in [7, 11) is 0. The quantitative estimate of drug-likeness (QED) is 0.871. The monoisotopic (exact) mass is 281 g/mol. The Labute approximate surface area is 117 Å². The number of hydrogen-bond donors (Lipinski definition) is 1. The lowest BCUT2D eigenvalue weighted by Gasteiger charge is -2.20. The number of carboxylic acid groups (broad SMARTS) is 1. The van der Waals surface area contributed by atoms with Crippen molar-refractivity contribution in [2.24, 2.45) is 5.92 Å². The Morgan fingerprint density at radius 2 is 2.26 bits per heavy atom. The van der Waals surface area contributed by atoms with Crippen LogP contribution in [0.1, 0.15) is 36.1 Å². The van der Waals surface area contributed by atoms with Gasteiger partial charge < -0.3 is 10.0 Å². The smallest absolute Gasteiger partial charge is 0.323 e. The van der Waals surface area contributed by atoms with E-state index < -0.39 is 5.97 Å². The fraction of sp³-hybridized carbons (Fsp3) is 0.571. The number of amides is 1. The van der Waals surface area contributed by atoms with Crippen LogP contribution in [-0.4, -0.2) is 35.0 Å². The van der Waals surface area contributed by atoms with Crippen molar-refractivity contribution < 1.29 is 14.7 Å². The summed E-state index contributed by atoms with van der Waals surface area (Å²) in [4.78, 5) is 25.9. The first-order chi connectivity index (χ1) is 9.04. The van der Waals surface area contributed by atoms with E-state index in [0.29, 0.717) is 12.5 Å². The molecule has 5 heteroatoms. The number of rotatable bonds is 6. The van der Waals surface area contributed by atoms with Crippen LogP contribution < -0.4 is 0 Å². The number of carboxylic acids is 1. The van der Waals surface area contributed by atoms with E-state index in [4.69, 9.17) is 5.11 Å². The molecule has 1 amide bonds. The fourth-order valence-electron chi connectivity index (χ4n) is 2.46. The maximum absolute atomic E-state index is 12.3. The standard InChI is InChI=1S/C14H19NO3S/c1-3-5-15(8-12(16)17)14(18)11-7-10(11)13-9(2)4-6-19-13/h4,6,10-11H,3,5,7-8H2,1-2H3,(H,16,17). The fourth-order valence-corrected chi connectivity index (χ4v) is 3.56. The van der Waals surface area contributed by atoms with Crippen LogP contribution in [0.25, 0.3) is 0 Å². The lowest BCUT2D eigenvalue weighted by Crippen LogP contribution is -2.37. The van der Waals surface area contributed by atoms with Crippen molar-refractivity contribution in [3.05, 3.63) is 21.9 Å². The van der Waals surface area contributed by atoms with Crippen LogP contribution in [0, 0.1) is 12.8 Å². The molecule has 104 valence electrons. The van der Waals surface area contributed by atoms with Gasteiger partial charge in [0.25, 0.3) is 0 Å². The van der Waals surface area contributed by atoms with Crippen LogP contribution >= 0.6 is 11.3 Å². The van der Waals surface area contributed by atoms with E-state index in [1.165, 1.54) is 15.3 Å². The summed E-state index contributed by atoms with van der Waals surface area (Å²) >= 11 is 1.69. The first kappa shape index (κ1) is 14.1. The summed E-state index contributed by atoms with van der Waals surface area (Å²) < 4.78 is 0. The van der Waals surface area contributed by atoms with Crippen LogP contribution in [0.3, 0.4) is 0 Å². The third-order valence-electron chi connectivity index (χ3n) is 3.48. The normalized spacial score (nSPS) is 21.2. The molecule has 0 aliphatic heterocycles. The summed E-state index contributed by atoms with van der Waals surface area (Å²) in [6.07, 6.45) is 1.65. The number of aryl methyl sites for hydroxylation is 1. The number of hydrogen-bond acceptors (Lipinski definition) is 3. The van der Waals surface area contributed by atoms with Gasteiger partial charge in [0.15, 0.2) is 0 Å². The van der Waals surface area contributed by atoms with Crippen LogP contribution in [0.2, 0.25) is 0 Å². The first-order valence-electron chi connectivity index (χ1n) is 6.59. The number of thiophene rings is 1. The molecule has 0 spiro atoms. The molecule has 1 heterocycles. The van der Waals surface area contributed by atoms with Gasteiger partial charge in [-0.3, -0.25) is 9.59 Å². The van der Waals surface area contributed by atoms with Gasteiger partial charge in [-0.15, -0.1) is 11.3 Å². The predicted octanol–water partition coefficient (Wildman–Crippen LogP) is 2.48. The van der Waals surface area contributed by atoms with Gasteiger partial charge in [-0.1, -0.05) is 6.92 Å². The lowest BCUT2D eigenvalue weighted by atomic mass is 10.2. The van der Waals surface area contributed by atoms with E-state index in [2.05, 4.69) is 13.0 Å². The van der Waals surface area contributed by atoms with Crippen molar-refractivity contribution in [1.82, 2.24) is 4.90 Å². The molecule has 1 aliphatic carbocycles. The zero-order valence-corrected chi connectivity index (χ0v) is 12.1. The van der Waals surface area contributed by atoms with Crippen LogP contribution in [-0.2, 0) is 9.59 Å². The van der Waals surface area contributed by atoms with E-state index in [1.54, 1.807) is 11.3 Å². The third-order valence-corrected chi connectivity index (χ3v) is 4.63. The van der Waals surface area contributed by atoms with Gasteiger partial charge in [-0.05, 0) is 36.8 Å². The zero-order chi connectivity index (χ0) is 14.0. The zero-order valence-electron chi connectivity index (χ0n) is 11.3. The molecule has 1 N–H and O–H groups in total. The number of aliphatic carboxylic acids is 1. The van der Waals surface area contributed by atoms with Crippen molar-refractivity contribution >= 4 is 23.2 Å². The largest absolute Gasteiger partial charge is 0.480 e. The Balaban J connectivity index is 2.00. The van der Waals surface area contributed by atoms with Crippen LogP contribution in [0.4, 0.5) is 0 Å². The summed E-state index contributed by atoms with van der Waals surface area (Å²) in [5, 5.41) is 10.9. The second kappa shape index (κ2) is 5.74. The maximum Gasteiger partial charge on any atom is 0.323 e. The SMILES string of the molecule is CCCN(CC(=O)O)C(=O)C1CC1c1sccc1C. The molecule has 4 nitrogen and oxygen atoms in total. The molecular weight excluding hydrogens is 262 g/mol. The summed E-state index contributed by atoms with van der Waals surface area (Å²) in [6, 6.07) is 2.07. The van der Waals surface area contributed by atoms with E-state index in [9.17, 15) is 9.59 Å². The highest BCUT2D eigenvalue weighted by Gasteiger charge is 2.47. The molecule has 1 aromatic rings. The molecule has 0 aromatic carbocycles. The molecule has 0 saturated heterocycles. The van der Waals surface area contributed by atoms with Gasteiger partial charge in [-0.2, -0.15) is 0 Å². The second-order valence-electron chi connectivity index (χ2n) is 5.07. The molecule has 0 bridgehead atoms. The average molecular weight is 281 g/mol. The van der Waals surface area contributed by atoms with Gasteiger partial charge in [0.05, 0.1) is 0 Å². The Morgan fingerprint density at radius 1 is 1.53 bits per heavy atom. The van der Waals surface area contributed by atoms with E-state index >= 15 is 0 Å². The van der Waals surface area contributed by atoms with Gasteiger partial charge in [0, 0.05) is 23.3 Å². The highest BCUT2D eigenvalue weighted by atomic mass is 32.1. The molecule has 1 fully saturated rings. The highest BCUT2D eigenvalue weighted by molar-refractivity contribution is 7.10. The second-order valence-corrected chi connectivity index (χ2v) is 6.02. The molecular formula is C14H19NO3S. The van der Waals surface area contributed by atoms with Crippen molar-refractivity contribution in [2.45, 2.75) is 32.6 Å². The Morgan fingerprint density at radius 3 is 2.79 bits per heavy atom. The molecule has 1 aromatic heterocycles.